The minimum atomic E-state index is 0.0442. The molecule has 1 amide bonds. The first-order valence-electron chi connectivity index (χ1n) is 8.83. The van der Waals surface area contributed by atoms with Crippen molar-refractivity contribution >= 4 is 5.91 Å². The summed E-state index contributed by atoms with van der Waals surface area (Å²) in [6.07, 6.45) is 8.21. The van der Waals surface area contributed by atoms with Crippen molar-refractivity contribution in [3.8, 4) is 0 Å². The molecule has 4 nitrogen and oxygen atoms in total. The standard InChI is InChI=1S/C17H35N3O/c1-4-7-12-19-16(21)13-20(6-3)17(14-18)10-8-15(5-2)9-11-17/h15H,4-14,18H2,1-3H3,(H,19,21). The van der Waals surface area contributed by atoms with Gasteiger partial charge in [0.15, 0.2) is 0 Å². The van der Waals surface area contributed by atoms with E-state index in [1.807, 2.05) is 0 Å². The molecule has 1 saturated carbocycles. The minimum absolute atomic E-state index is 0.0442. The molecule has 0 spiro atoms. The first-order chi connectivity index (χ1) is 10.1. The van der Waals surface area contributed by atoms with E-state index in [4.69, 9.17) is 5.73 Å². The predicted molar refractivity (Wildman–Crippen MR) is 89.2 cm³/mol. The summed E-state index contributed by atoms with van der Waals surface area (Å²) < 4.78 is 0. The lowest BCUT2D eigenvalue weighted by atomic mass is 9.74. The second-order valence-electron chi connectivity index (χ2n) is 6.50. The van der Waals surface area contributed by atoms with Crippen molar-refractivity contribution in [2.45, 2.75) is 71.3 Å². The minimum Gasteiger partial charge on any atom is -0.355 e. The zero-order chi connectivity index (χ0) is 15.7. The number of hydrogen-bond donors (Lipinski definition) is 2. The Morgan fingerprint density at radius 3 is 2.43 bits per heavy atom. The van der Waals surface area contributed by atoms with Gasteiger partial charge in [0.25, 0.3) is 0 Å². The number of hydrogen-bond acceptors (Lipinski definition) is 3. The molecule has 0 unspecified atom stereocenters. The Kier molecular flexibility index (Phi) is 8.27. The summed E-state index contributed by atoms with van der Waals surface area (Å²) in [5.41, 5.74) is 6.17. The van der Waals surface area contributed by atoms with E-state index in [0.717, 1.165) is 44.7 Å². The van der Waals surface area contributed by atoms with E-state index in [2.05, 4.69) is 31.0 Å². The Morgan fingerprint density at radius 2 is 1.95 bits per heavy atom. The second-order valence-corrected chi connectivity index (χ2v) is 6.50. The van der Waals surface area contributed by atoms with Gasteiger partial charge in [0, 0.05) is 18.6 Å². The molecular formula is C17H35N3O. The zero-order valence-electron chi connectivity index (χ0n) is 14.3. The molecule has 1 aliphatic carbocycles. The number of nitrogens with two attached hydrogens (primary N) is 1. The van der Waals surface area contributed by atoms with Gasteiger partial charge in [-0.05, 0) is 44.6 Å². The van der Waals surface area contributed by atoms with Crippen LogP contribution in [0.1, 0.15) is 65.7 Å². The van der Waals surface area contributed by atoms with Crippen molar-refractivity contribution in [2.75, 3.05) is 26.2 Å². The van der Waals surface area contributed by atoms with Crippen molar-refractivity contribution in [1.29, 1.82) is 0 Å². The molecule has 0 saturated heterocycles. The molecule has 0 bridgehead atoms. The number of likely N-dealkylation sites (N-methyl/N-ethyl adjacent to an activating group) is 1. The molecular weight excluding hydrogens is 262 g/mol. The van der Waals surface area contributed by atoms with E-state index >= 15 is 0 Å². The summed E-state index contributed by atoms with van der Waals surface area (Å²) in [6.45, 7) is 9.41. The molecule has 1 fully saturated rings. The highest BCUT2D eigenvalue weighted by Crippen LogP contribution is 2.37. The van der Waals surface area contributed by atoms with Gasteiger partial charge in [-0.2, -0.15) is 0 Å². The Morgan fingerprint density at radius 1 is 1.29 bits per heavy atom. The molecule has 4 heteroatoms. The first-order valence-corrected chi connectivity index (χ1v) is 8.83. The van der Waals surface area contributed by atoms with Crippen LogP contribution in [0.15, 0.2) is 0 Å². The molecule has 124 valence electrons. The number of carbonyl (C=O) groups is 1. The molecule has 0 atom stereocenters. The van der Waals surface area contributed by atoms with Crippen molar-refractivity contribution in [3.05, 3.63) is 0 Å². The number of nitrogens with one attached hydrogen (secondary N) is 1. The van der Waals surface area contributed by atoms with Gasteiger partial charge in [0.2, 0.25) is 5.91 Å². The van der Waals surface area contributed by atoms with E-state index in [0.29, 0.717) is 13.1 Å². The Hall–Kier alpha value is -0.610. The van der Waals surface area contributed by atoms with E-state index in [1.54, 1.807) is 0 Å². The van der Waals surface area contributed by atoms with Crippen LogP contribution >= 0.6 is 0 Å². The van der Waals surface area contributed by atoms with Crippen LogP contribution in [0.3, 0.4) is 0 Å². The molecule has 0 aliphatic heterocycles. The molecule has 0 aromatic rings. The van der Waals surface area contributed by atoms with Gasteiger partial charge in [0.05, 0.1) is 6.54 Å². The predicted octanol–water partition coefficient (Wildman–Crippen LogP) is 2.52. The van der Waals surface area contributed by atoms with E-state index in [-0.39, 0.29) is 11.4 Å². The van der Waals surface area contributed by atoms with Gasteiger partial charge < -0.3 is 11.1 Å². The van der Waals surface area contributed by atoms with Crippen LogP contribution in [-0.4, -0.2) is 42.5 Å². The maximum Gasteiger partial charge on any atom is 0.234 e. The van der Waals surface area contributed by atoms with Gasteiger partial charge in [0.1, 0.15) is 0 Å². The molecule has 1 rings (SSSR count). The number of amides is 1. The molecule has 21 heavy (non-hydrogen) atoms. The van der Waals surface area contributed by atoms with Crippen LogP contribution in [0.25, 0.3) is 0 Å². The lowest BCUT2D eigenvalue weighted by Crippen LogP contribution is -2.58. The topological polar surface area (TPSA) is 58.4 Å². The van der Waals surface area contributed by atoms with Crippen molar-refractivity contribution in [1.82, 2.24) is 10.2 Å². The van der Waals surface area contributed by atoms with Crippen LogP contribution in [0.5, 0.6) is 0 Å². The largest absolute Gasteiger partial charge is 0.355 e. The van der Waals surface area contributed by atoms with Crippen LogP contribution in [0, 0.1) is 5.92 Å². The van der Waals surface area contributed by atoms with Gasteiger partial charge in [-0.15, -0.1) is 0 Å². The van der Waals surface area contributed by atoms with Gasteiger partial charge >= 0.3 is 0 Å². The van der Waals surface area contributed by atoms with Crippen LogP contribution < -0.4 is 11.1 Å². The number of unbranched alkanes of at least 4 members (excludes halogenated alkanes) is 1. The maximum absolute atomic E-state index is 12.1. The Balaban J connectivity index is 2.57. The first kappa shape index (κ1) is 18.4. The fraction of sp³-hybridized carbons (Fsp3) is 0.941. The van der Waals surface area contributed by atoms with E-state index in [1.165, 1.54) is 19.3 Å². The van der Waals surface area contributed by atoms with Crippen LogP contribution in [-0.2, 0) is 4.79 Å². The molecule has 0 aromatic heterocycles. The highest BCUT2D eigenvalue weighted by atomic mass is 16.2. The Labute approximate surface area is 130 Å². The SMILES string of the molecule is CCCCNC(=O)CN(CC)C1(CN)CCC(CC)CC1. The zero-order valence-corrected chi connectivity index (χ0v) is 14.3. The number of rotatable bonds is 9. The van der Waals surface area contributed by atoms with Crippen molar-refractivity contribution < 1.29 is 4.79 Å². The Bertz CT molecular complexity index is 298. The third-order valence-electron chi connectivity index (χ3n) is 5.23. The maximum atomic E-state index is 12.1. The van der Waals surface area contributed by atoms with Crippen LogP contribution in [0.2, 0.25) is 0 Å². The van der Waals surface area contributed by atoms with Gasteiger partial charge in [-0.3, -0.25) is 9.69 Å². The third kappa shape index (κ3) is 5.26. The average molecular weight is 297 g/mol. The molecule has 0 heterocycles. The van der Waals surface area contributed by atoms with E-state index in [9.17, 15) is 4.79 Å². The van der Waals surface area contributed by atoms with Gasteiger partial charge in [-0.1, -0.05) is 33.6 Å². The average Bonchev–Trinajstić information content (AvgIpc) is 2.53. The summed E-state index contributed by atoms with van der Waals surface area (Å²) in [6, 6.07) is 0. The van der Waals surface area contributed by atoms with E-state index < -0.39 is 0 Å². The normalized spacial score (nSPS) is 26.0. The quantitative estimate of drug-likeness (QED) is 0.643. The molecule has 0 aromatic carbocycles. The third-order valence-corrected chi connectivity index (χ3v) is 5.23. The fourth-order valence-corrected chi connectivity index (χ4v) is 3.52. The van der Waals surface area contributed by atoms with Crippen molar-refractivity contribution in [2.24, 2.45) is 11.7 Å². The molecule has 0 radical (unpaired) electrons. The second kappa shape index (κ2) is 9.42. The lowest BCUT2D eigenvalue weighted by molar-refractivity contribution is -0.124. The smallest absolute Gasteiger partial charge is 0.234 e. The van der Waals surface area contributed by atoms with Crippen LogP contribution in [0.4, 0.5) is 0 Å². The summed E-state index contributed by atoms with van der Waals surface area (Å²) in [7, 11) is 0. The summed E-state index contributed by atoms with van der Waals surface area (Å²) in [4.78, 5) is 14.4. The summed E-state index contributed by atoms with van der Waals surface area (Å²) in [5.74, 6) is 0.998. The fourth-order valence-electron chi connectivity index (χ4n) is 3.52. The molecule has 3 N–H and O–H groups in total. The number of carbonyl (C=O) groups excluding carboxylic acids is 1. The summed E-state index contributed by atoms with van der Waals surface area (Å²) >= 11 is 0. The molecule has 1 aliphatic rings. The summed E-state index contributed by atoms with van der Waals surface area (Å²) in [5, 5.41) is 3.03. The van der Waals surface area contributed by atoms with Crippen molar-refractivity contribution in [3.63, 3.8) is 0 Å². The highest BCUT2D eigenvalue weighted by Gasteiger charge is 2.38. The monoisotopic (exact) mass is 297 g/mol. The highest BCUT2D eigenvalue weighted by molar-refractivity contribution is 5.78. The number of nitrogens with zero attached hydrogens (tertiary/aromatic N) is 1. The lowest BCUT2D eigenvalue weighted by Gasteiger charge is -2.47. The van der Waals surface area contributed by atoms with Gasteiger partial charge in [-0.25, -0.2) is 0 Å².